The molecule has 194 valence electrons. The summed E-state index contributed by atoms with van der Waals surface area (Å²) in [4.78, 5) is 27.8. The van der Waals surface area contributed by atoms with Crippen LogP contribution >= 0.6 is 0 Å². The summed E-state index contributed by atoms with van der Waals surface area (Å²) in [6.07, 6.45) is 1.89. The first-order valence-electron chi connectivity index (χ1n) is 12.7. The zero-order chi connectivity index (χ0) is 26.1. The number of amides is 1. The van der Waals surface area contributed by atoms with Gasteiger partial charge in [-0.15, -0.1) is 0 Å². The Morgan fingerprint density at radius 2 is 1.66 bits per heavy atom. The number of nitrogens with zero attached hydrogens (tertiary/aromatic N) is 1. The molecular weight excluding hydrogens is 445 g/mol. The maximum absolute atomic E-state index is 13.3. The number of ether oxygens (including phenoxy) is 2. The molecule has 0 unspecified atom stereocenters. The molecule has 2 aliphatic heterocycles. The molecule has 1 amide bonds. The van der Waals surface area contributed by atoms with E-state index in [0.717, 1.165) is 24.7 Å². The lowest BCUT2D eigenvalue weighted by atomic mass is 9.74. The number of esters is 1. The molecule has 3 rings (SSSR count). The molecule has 35 heavy (non-hydrogen) atoms. The molecule has 0 aliphatic carbocycles. The Morgan fingerprint density at radius 3 is 2.23 bits per heavy atom. The van der Waals surface area contributed by atoms with Crippen molar-refractivity contribution in [2.45, 2.75) is 98.0 Å². The van der Waals surface area contributed by atoms with Gasteiger partial charge in [-0.1, -0.05) is 36.8 Å². The quantitative estimate of drug-likeness (QED) is 0.375. The molecule has 8 heteroatoms. The number of benzene rings is 1. The van der Waals surface area contributed by atoms with Crippen LogP contribution in [-0.4, -0.2) is 54.0 Å². The van der Waals surface area contributed by atoms with E-state index in [0.29, 0.717) is 6.54 Å². The molecule has 1 aromatic carbocycles. The first-order valence-corrected chi connectivity index (χ1v) is 12.7. The summed E-state index contributed by atoms with van der Waals surface area (Å²) in [5.74, 6) is -0.339. The van der Waals surface area contributed by atoms with Crippen LogP contribution in [0.4, 0.5) is 4.79 Å². The number of likely N-dealkylation sites (tertiary alicyclic amines) is 1. The molecule has 2 atom stereocenters. The third-order valence-corrected chi connectivity index (χ3v) is 7.49. The van der Waals surface area contributed by atoms with Gasteiger partial charge in [-0.25, -0.2) is 4.79 Å². The van der Waals surface area contributed by atoms with Crippen molar-refractivity contribution in [3.05, 3.63) is 35.9 Å². The van der Waals surface area contributed by atoms with Crippen molar-refractivity contribution in [1.82, 2.24) is 4.90 Å². The van der Waals surface area contributed by atoms with Gasteiger partial charge < -0.3 is 23.7 Å². The summed E-state index contributed by atoms with van der Waals surface area (Å²) in [5.41, 5.74) is -1.22. The lowest BCUT2D eigenvalue weighted by Crippen LogP contribution is -2.41. The van der Waals surface area contributed by atoms with Gasteiger partial charge >= 0.3 is 19.2 Å². The summed E-state index contributed by atoms with van der Waals surface area (Å²) in [5, 5.41) is 0. The van der Waals surface area contributed by atoms with Crippen LogP contribution in [0.1, 0.15) is 73.8 Å². The summed E-state index contributed by atoms with van der Waals surface area (Å²) in [6, 6.07) is 9.63. The van der Waals surface area contributed by atoms with Crippen molar-refractivity contribution < 1.29 is 28.4 Å². The fourth-order valence-electron chi connectivity index (χ4n) is 4.67. The maximum Gasteiger partial charge on any atom is 0.457 e. The Morgan fingerprint density at radius 1 is 1.06 bits per heavy atom. The lowest BCUT2D eigenvalue weighted by molar-refractivity contribution is -0.158. The van der Waals surface area contributed by atoms with Crippen LogP contribution in [0.2, 0.25) is 6.32 Å². The van der Waals surface area contributed by atoms with Gasteiger partial charge in [0, 0.05) is 13.1 Å². The van der Waals surface area contributed by atoms with E-state index in [2.05, 4.69) is 0 Å². The smallest absolute Gasteiger partial charge is 0.457 e. The van der Waals surface area contributed by atoms with E-state index in [4.69, 9.17) is 18.8 Å². The number of carbonyl (C=O) groups is 2. The molecule has 7 nitrogen and oxygen atoms in total. The van der Waals surface area contributed by atoms with Crippen LogP contribution in [0.3, 0.4) is 0 Å². The highest BCUT2D eigenvalue weighted by Gasteiger charge is 2.53. The van der Waals surface area contributed by atoms with Crippen LogP contribution in [0.5, 0.6) is 0 Å². The first kappa shape index (κ1) is 27.5. The van der Waals surface area contributed by atoms with E-state index in [1.807, 2.05) is 85.7 Å². The van der Waals surface area contributed by atoms with Gasteiger partial charge in [-0.3, -0.25) is 4.79 Å². The molecule has 0 spiro atoms. The Labute approximate surface area is 211 Å². The minimum Gasteiger partial charge on any atom is -0.460 e. The van der Waals surface area contributed by atoms with Crippen LogP contribution in [0, 0.1) is 11.3 Å². The summed E-state index contributed by atoms with van der Waals surface area (Å²) in [7, 11) is -0.278. The molecule has 2 saturated heterocycles. The predicted octanol–water partition coefficient (Wildman–Crippen LogP) is 5.48. The van der Waals surface area contributed by atoms with E-state index >= 15 is 0 Å². The van der Waals surface area contributed by atoms with Crippen molar-refractivity contribution in [3.8, 4) is 0 Å². The van der Waals surface area contributed by atoms with Crippen molar-refractivity contribution in [2.24, 2.45) is 11.3 Å². The fraction of sp³-hybridized carbons (Fsp3) is 0.704. The van der Waals surface area contributed by atoms with Gasteiger partial charge in [0.05, 0.1) is 16.6 Å². The van der Waals surface area contributed by atoms with Crippen LogP contribution < -0.4 is 0 Å². The first-order chi connectivity index (χ1) is 16.1. The molecule has 2 heterocycles. The largest absolute Gasteiger partial charge is 0.460 e. The summed E-state index contributed by atoms with van der Waals surface area (Å²) < 4.78 is 23.6. The monoisotopic (exact) mass is 487 g/mol. The molecular formula is C27H42BNO6. The van der Waals surface area contributed by atoms with Gasteiger partial charge in [-0.05, 0) is 79.6 Å². The van der Waals surface area contributed by atoms with Crippen molar-refractivity contribution in [2.75, 3.05) is 13.1 Å². The molecule has 1 aromatic rings. The Kier molecular flexibility index (Phi) is 7.97. The molecule has 2 fully saturated rings. The highest BCUT2D eigenvalue weighted by Crippen LogP contribution is 2.42. The van der Waals surface area contributed by atoms with E-state index in [1.165, 1.54) is 0 Å². The molecule has 2 aliphatic rings. The second-order valence-corrected chi connectivity index (χ2v) is 12.2. The summed E-state index contributed by atoms with van der Waals surface area (Å²) in [6.45, 7) is 16.6. The van der Waals surface area contributed by atoms with Gasteiger partial charge in [0.2, 0.25) is 0 Å². The van der Waals surface area contributed by atoms with Crippen LogP contribution in [0.25, 0.3) is 0 Å². The zero-order valence-corrected chi connectivity index (χ0v) is 22.7. The van der Waals surface area contributed by atoms with E-state index in [9.17, 15) is 9.59 Å². The SMILES string of the molecule is CC(C)(C)OC(=O)N1C[C@H](CCCB2OC(C)(C)C(C)(C)O2)[C@](C)(C(=O)OCc2ccccc2)C1. The highest BCUT2D eigenvalue weighted by atomic mass is 16.7. The highest BCUT2D eigenvalue weighted by molar-refractivity contribution is 6.45. The van der Waals surface area contributed by atoms with Gasteiger partial charge in [0.15, 0.2) is 0 Å². The van der Waals surface area contributed by atoms with E-state index < -0.39 is 17.1 Å². The normalized spacial score (nSPS) is 25.5. The fourth-order valence-corrected chi connectivity index (χ4v) is 4.67. The minimum atomic E-state index is -0.818. The maximum atomic E-state index is 13.3. The third-order valence-electron chi connectivity index (χ3n) is 7.49. The third kappa shape index (κ3) is 6.59. The number of hydrogen-bond acceptors (Lipinski definition) is 6. The minimum absolute atomic E-state index is 0.0549. The molecule has 0 saturated carbocycles. The standard InChI is InChI=1S/C27H42BNO6/c1-24(2,3)33-23(31)29-17-21(15-12-16-28-34-25(4,5)26(6,7)35-28)27(8,19-29)22(30)32-18-20-13-10-9-11-14-20/h9-11,13-14,21H,12,15-19H2,1-8H3/t21-,27+/m0/s1. The number of carbonyl (C=O) groups excluding carboxylic acids is 2. The topological polar surface area (TPSA) is 74.3 Å². The van der Waals surface area contributed by atoms with Crippen molar-refractivity contribution >= 4 is 19.2 Å². The predicted molar refractivity (Wildman–Crippen MR) is 136 cm³/mol. The van der Waals surface area contributed by atoms with E-state index in [1.54, 1.807) is 4.90 Å². The number of rotatable bonds is 7. The average molecular weight is 487 g/mol. The Bertz CT molecular complexity index is 881. The Balaban J connectivity index is 1.66. The molecule has 0 bridgehead atoms. The van der Waals surface area contributed by atoms with Crippen LogP contribution in [0.15, 0.2) is 30.3 Å². The van der Waals surface area contributed by atoms with Crippen molar-refractivity contribution in [1.29, 1.82) is 0 Å². The van der Waals surface area contributed by atoms with Gasteiger partial charge in [0.25, 0.3) is 0 Å². The summed E-state index contributed by atoms with van der Waals surface area (Å²) >= 11 is 0. The second-order valence-electron chi connectivity index (χ2n) is 12.2. The van der Waals surface area contributed by atoms with Gasteiger partial charge in [-0.2, -0.15) is 0 Å². The second kappa shape index (κ2) is 10.1. The molecule has 0 aromatic heterocycles. The van der Waals surface area contributed by atoms with Gasteiger partial charge in [0.1, 0.15) is 12.2 Å². The van der Waals surface area contributed by atoms with Crippen LogP contribution in [-0.2, 0) is 30.2 Å². The average Bonchev–Trinajstić information content (AvgIpc) is 3.18. The zero-order valence-electron chi connectivity index (χ0n) is 22.7. The molecule has 0 N–H and O–H groups in total. The molecule has 0 radical (unpaired) electrons. The lowest BCUT2D eigenvalue weighted by Gasteiger charge is -2.32. The van der Waals surface area contributed by atoms with Crippen molar-refractivity contribution in [3.63, 3.8) is 0 Å². The Hall–Kier alpha value is -2.06. The van der Waals surface area contributed by atoms with E-state index in [-0.39, 0.29) is 43.4 Å². The number of hydrogen-bond donors (Lipinski definition) is 0.